The van der Waals surface area contributed by atoms with Crippen LogP contribution in [0.3, 0.4) is 0 Å². The number of aliphatic hydroxyl groups excluding tert-OH is 8. The summed E-state index contributed by atoms with van der Waals surface area (Å²) in [6, 6.07) is 0. The zero-order chi connectivity index (χ0) is 27.7. The Morgan fingerprint density at radius 2 is 1.35 bits per heavy atom. The fraction of sp³-hybridized carbons (Fsp3) is 0.920. The minimum atomic E-state index is -1.50. The number of ether oxygens (including phenoxy) is 4. The maximum atomic E-state index is 10.3. The summed E-state index contributed by atoms with van der Waals surface area (Å²) in [7, 11) is 0. The molecular formula is C25H44O12. The molecule has 216 valence electrons. The lowest BCUT2D eigenvalue weighted by Crippen LogP contribution is -2.59. The van der Waals surface area contributed by atoms with Crippen molar-refractivity contribution in [3.8, 4) is 0 Å². The quantitative estimate of drug-likeness (QED) is 0.156. The molecule has 0 amide bonds. The summed E-state index contributed by atoms with van der Waals surface area (Å²) < 4.78 is 22.8. The first-order valence-electron chi connectivity index (χ1n) is 12.9. The Morgan fingerprint density at radius 1 is 0.838 bits per heavy atom. The molecule has 12 heteroatoms. The molecule has 1 aliphatic carbocycles. The van der Waals surface area contributed by atoms with Gasteiger partial charge >= 0.3 is 0 Å². The van der Waals surface area contributed by atoms with Crippen molar-refractivity contribution in [1.82, 2.24) is 0 Å². The molecule has 2 saturated heterocycles. The lowest BCUT2D eigenvalue weighted by Gasteiger charge is -2.44. The predicted molar refractivity (Wildman–Crippen MR) is 128 cm³/mol. The van der Waals surface area contributed by atoms with E-state index in [1.54, 1.807) is 0 Å². The Labute approximate surface area is 217 Å². The van der Waals surface area contributed by atoms with Gasteiger partial charge in [-0.05, 0) is 44.9 Å². The number of rotatable bonds is 9. The van der Waals surface area contributed by atoms with E-state index in [9.17, 15) is 40.9 Å². The van der Waals surface area contributed by atoms with Crippen molar-refractivity contribution in [1.29, 1.82) is 0 Å². The van der Waals surface area contributed by atoms with E-state index in [4.69, 9.17) is 18.9 Å². The molecule has 2 fully saturated rings. The van der Waals surface area contributed by atoms with Crippen LogP contribution in [0.25, 0.3) is 0 Å². The highest BCUT2D eigenvalue weighted by molar-refractivity contribution is 5.24. The highest BCUT2D eigenvalue weighted by Gasteiger charge is 2.47. The van der Waals surface area contributed by atoms with Gasteiger partial charge in [-0.1, -0.05) is 25.0 Å². The van der Waals surface area contributed by atoms with Crippen LogP contribution in [-0.2, 0) is 18.9 Å². The fourth-order valence-corrected chi connectivity index (χ4v) is 5.65. The third-order valence-electron chi connectivity index (χ3n) is 7.79. The van der Waals surface area contributed by atoms with E-state index in [0.717, 1.165) is 5.57 Å². The summed E-state index contributed by atoms with van der Waals surface area (Å²) in [4.78, 5) is 0. The minimum Gasteiger partial charge on any atom is -0.394 e. The second-order valence-electron chi connectivity index (χ2n) is 11.2. The maximum Gasteiger partial charge on any atom is 0.186 e. The number of allylic oxidation sites excluding steroid dienone is 1. The van der Waals surface area contributed by atoms with Crippen LogP contribution in [-0.4, -0.2) is 128 Å². The van der Waals surface area contributed by atoms with Gasteiger partial charge < -0.3 is 59.8 Å². The van der Waals surface area contributed by atoms with E-state index in [0.29, 0.717) is 25.7 Å². The molecule has 0 aromatic carbocycles. The van der Waals surface area contributed by atoms with E-state index < -0.39 is 74.6 Å². The Bertz CT molecular complexity index is 771. The first kappa shape index (κ1) is 30.8. The van der Waals surface area contributed by atoms with Crippen molar-refractivity contribution in [3.05, 3.63) is 11.1 Å². The lowest BCUT2D eigenvalue weighted by molar-refractivity contribution is -0.313. The third-order valence-corrected chi connectivity index (χ3v) is 7.79. The molecular weight excluding hydrogens is 492 g/mol. The van der Waals surface area contributed by atoms with E-state index in [-0.39, 0.29) is 17.6 Å². The van der Waals surface area contributed by atoms with E-state index in [1.165, 1.54) is 5.57 Å². The topological polar surface area (TPSA) is 199 Å². The molecule has 0 radical (unpaired) electrons. The Kier molecular flexibility index (Phi) is 10.5. The normalized spacial score (nSPS) is 43.6. The first-order valence-corrected chi connectivity index (χ1v) is 12.9. The fourth-order valence-electron chi connectivity index (χ4n) is 5.65. The van der Waals surface area contributed by atoms with Crippen molar-refractivity contribution < 1.29 is 59.8 Å². The van der Waals surface area contributed by atoms with Gasteiger partial charge in [0.2, 0.25) is 0 Å². The predicted octanol–water partition coefficient (Wildman–Crippen LogP) is -1.71. The van der Waals surface area contributed by atoms with Gasteiger partial charge in [-0.3, -0.25) is 0 Å². The van der Waals surface area contributed by atoms with Gasteiger partial charge in [-0.2, -0.15) is 0 Å². The summed E-state index contributed by atoms with van der Waals surface area (Å²) in [6.07, 6.45) is -11.4. The molecule has 0 aromatic rings. The van der Waals surface area contributed by atoms with Crippen LogP contribution >= 0.6 is 0 Å². The molecule has 37 heavy (non-hydrogen) atoms. The monoisotopic (exact) mass is 536 g/mol. The van der Waals surface area contributed by atoms with Crippen LogP contribution in [0.2, 0.25) is 0 Å². The van der Waals surface area contributed by atoms with Crippen LogP contribution in [0, 0.1) is 5.41 Å². The molecule has 2 aliphatic heterocycles. The largest absolute Gasteiger partial charge is 0.394 e. The van der Waals surface area contributed by atoms with Gasteiger partial charge in [-0.15, -0.1) is 0 Å². The average molecular weight is 537 g/mol. The summed E-state index contributed by atoms with van der Waals surface area (Å²) in [5.41, 5.74) is 2.04. The SMILES string of the molecule is CC1=C(CC[C@@H](C)O[C@@H]2O[C@H](CO)[C@@H](O)[C@H](O)[C@H]2O)C(C)(C)C[C@@H](O[C@H]2O[C@@H](CO)[C@H](O)[C@@H](O)[C@@H]2O)C1. The van der Waals surface area contributed by atoms with Crippen LogP contribution in [0.1, 0.15) is 53.4 Å². The smallest absolute Gasteiger partial charge is 0.186 e. The first-order chi connectivity index (χ1) is 17.3. The number of aliphatic hydroxyl groups is 8. The second kappa shape index (κ2) is 12.6. The summed E-state index contributed by atoms with van der Waals surface area (Å²) >= 11 is 0. The van der Waals surface area contributed by atoms with Crippen LogP contribution in [0.5, 0.6) is 0 Å². The molecule has 0 saturated carbocycles. The van der Waals surface area contributed by atoms with Crippen LogP contribution in [0.4, 0.5) is 0 Å². The molecule has 2 heterocycles. The van der Waals surface area contributed by atoms with Crippen molar-refractivity contribution in [2.24, 2.45) is 5.41 Å². The molecule has 3 aliphatic rings. The molecule has 3 rings (SSSR count). The van der Waals surface area contributed by atoms with Crippen molar-refractivity contribution in [2.45, 2.75) is 127 Å². The molecule has 0 unspecified atom stereocenters. The van der Waals surface area contributed by atoms with Crippen molar-refractivity contribution >= 4 is 0 Å². The van der Waals surface area contributed by atoms with Gasteiger partial charge in [0.05, 0.1) is 25.4 Å². The zero-order valence-corrected chi connectivity index (χ0v) is 21.9. The minimum absolute atomic E-state index is 0.274. The van der Waals surface area contributed by atoms with Crippen molar-refractivity contribution in [2.75, 3.05) is 13.2 Å². The standard InChI is InChI=1S/C25H44O12/c1-11-7-13(35-24-22(33)20(31)18(29)16(10-27)37-24)8-25(3,4)14(11)6-5-12(2)34-23-21(32)19(30)17(28)15(9-26)36-23/h12-13,15-24,26-33H,5-10H2,1-4H3/t12-,13+,15-,16+,17-,18+,19+,20-,21-,22+,23-,24+/m1/s1. The summed E-state index contributed by atoms with van der Waals surface area (Å²) in [5, 5.41) is 79.3. The Morgan fingerprint density at radius 3 is 1.86 bits per heavy atom. The average Bonchev–Trinajstić information content (AvgIpc) is 2.83. The van der Waals surface area contributed by atoms with Crippen LogP contribution in [0.15, 0.2) is 11.1 Å². The van der Waals surface area contributed by atoms with E-state index >= 15 is 0 Å². The molecule has 8 N–H and O–H groups in total. The summed E-state index contributed by atoms with van der Waals surface area (Å²) in [5.74, 6) is 0. The van der Waals surface area contributed by atoms with E-state index in [2.05, 4.69) is 13.8 Å². The highest BCUT2D eigenvalue weighted by Crippen LogP contribution is 2.44. The lowest BCUT2D eigenvalue weighted by atomic mass is 9.70. The number of hydrogen-bond acceptors (Lipinski definition) is 12. The van der Waals surface area contributed by atoms with Gasteiger partial charge in [0.1, 0.15) is 48.8 Å². The molecule has 0 aromatic heterocycles. The molecule has 0 spiro atoms. The number of hydrogen-bond donors (Lipinski definition) is 8. The molecule has 12 nitrogen and oxygen atoms in total. The van der Waals surface area contributed by atoms with Crippen molar-refractivity contribution in [3.63, 3.8) is 0 Å². The Balaban J connectivity index is 1.58. The maximum absolute atomic E-state index is 10.3. The van der Waals surface area contributed by atoms with Gasteiger partial charge in [0, 0.05) is 0 Å². The second-order valence-corrected chi connectivity index (χ2v) is 11.2. The van der Waals surface area contributed by atoms with Gasteiger partial charge in [0.15, 0.2) is 12.6 Å². The third kappa shape index (κ3) is 6.89. The van der Waals surface area contributed by atoms with E-state index in [1.807, 2.05) is 13.8 Å². The molecule has 0 bridgehead atoms. The Hall–Kier alpha value is -0.740. The van der Waals surface area contributed by atoms with Gasteiger partial charge in [0.25, 0.3) is 0 Å². The summed E-state index contributed by atoms with van der Waals surface area (Å²) in [6.45, 7) is 6.94. The van der Waals surface area contributed by atoms with Crippen LogP contribution < -0.4 is 0 Å². The van der Waals surface area contributed by atoms with Gasteiger partial charge in [-0.25, -0.2) is 0 Å². The zero-order valence-electron chi connectivity index (χ0n) is 21.9. The molecule has 12 atom stereocenters. The highest BCUT2D eigenvalue weighted by atomic mass is 16.7.